The Hall–Kier alpha value is -1.44. The number of carbonyl (C=O) groups excluding carboxylic acids is 1. The van der Waals surface area contributed by atoms with Crippen molar-refractivity contribution in [3.8, 4) is 0 Å². The molecule has 21 heavy (non-hydrogen) atoms. The number of ether oxygens (including phenoxy) is 2. The van der Waals surface area contributed by atoms with E-state index in [0.29, 0.717) is 22.1 Å². The SMILES string of the molecule is COCCOC(=O)c1sc2nc(Cl)nc(N(C)C)c2c1C. The highest BCUT2D eigenvalue weighted by Gasteiger charge is 2.22. The zero-order valence-corrected chi connectivity index (χ0v) is 13.8. The zero-order chi connectivity index (χ0) is 15.6. The number of anilines is 1. The minimum atomic E-state index is -0.381. The fourth-order valence-corrected chi connectivity index (χ4v) is 3.18. The van der Waals surface area contributed by atoms with Gasteiger partial charge in [0.05, 0.1) is 12.0 Å². The van der Waals surface area contributed by atoms with Crippen LogP contribution in [0.4, 0.5) is 5.82 Å². The fraction of sp³-hybridized carbons (Fsp3) is 0.462. The number of esters is 1. The standard InChI is InChI=1S/C13H16ClN3O3S/c1-7-8-10(17(2)3)15-13(14)16-11(8)21-9(7)12(18)20-6-5-19-4/h5-6H2,1-4H3. The topological polar surface area (TPSA) is 64.5 Å². The smallest absolute Gasteiger partial charge is 0.348 e. The molecule has 2 aromatic heterocycles. The van der Waals surface area contributed by atoms with Crippen LogP contribution in [0.1, 0.15) is 15.2 Å². The highest BCUT2D eigenvalue weighted by Crippen LogP contribution is 2.35. The van der Waals surface area contributed by atoms with E-state index in [1.54, 1.807) is 7.11 Å². The van der Waals surface area contributed by atoms with Crippen molar-refractivity contribution in [3.05, 3.63) is 15.7 Å². The van der Waals surface area contributed by atoms with Gasteiger partial charge in [0.1, 0.15) is 22.1 Å². The van der Waals surface area contributed by atoms with Gasteiger partial charge >= 0.3 is 5.97 Å². The number of aromatic nitrogens is 2. The van der Waals surface area contributed by atoms with Crippen LogP contribution in [0.3, 0.4) is 0 Å². The van der Waals surface area contributed by atoms with Crippen LogP contribution >= 0.6 is 22.9 Å². The quantitative estimate of drug-likeness (QED) is 0.477. The first kappa shape index (κ1) is 15.9. The number of hydrogen-bond acceptors (Lipinski definition) is 7. The summed E-state index contributed by atoms with van der Waals surface area (Å²) in [4.78, 5) is 23.6. The molecule has 2 rings (SSSR count). The molecule has 6 nitrogen and oxygen atoms in total. The summed E-state index contributed by atoms with van der Waals surface area (Å²) in [5.74, 6) is 0.308. The van der Waals surface area contributed by atoms with E-state index in [0.717, 1.165) is 10.9 Å². The lowest BCUT2D eigenvalue weighted by atomic mass is 10.2. The first-order valence-electron chi connectivity index (χ1n) is 6.25. The van der Waals surface area contributed by atoms with Crippen LogP contribution in [0.2, 0.25) is 5.28 Å². The Bertz CT molecular complexity index is 672. The number of hydrogen-bond donors (Lipinski definition) is 0. The van der Waals surface area contributed by atoms with E-state index in [-0.39, 0.29) is 17.9 Å². The second-order valence-corrected chi connectivity index (χ2v) is 5.91. The van der Waals surface area contributed by atoms with E-state index in [1.807, 2.05) is 25.9 Å². The van der Waals surface area contributed by atoms with Gasteiger partial charge in [-0.25, -0.2) is 9.78 Å². The van der Waals surface area contributed by atoms with Gasteiger partial charge in [0.2, 0.25) is 5.28 Å². The maximum atomic E-state index is 12.1. The van der Waals surface area contributed by atoms with E-state index in [9.17, 15) is 4.79 Å². The third-order valence-electron chi connectivity index (χ3n) is 2.87. The van der Waals surface area contributed by atoms with Crippen molar-refractivity contribution in [2.75, 3.05) is 39.3 Å². The Kier molecular flexibility index (Phi) is 4.97. The molecule has 0 fully saturated rings. The summed E-state index contributed by atoms with van der Waals surface area (Å²) in [6, 6.07) is 0. The number of halogens is 1. The van der Waals surface area contributed by atoms with Crippen LogP contribution in [-0.4, -0.2) is 50.4 Å². The van der Waals surface area contributed by atoms with Gasteiger partial charge in [0, 0.05) is 21.2 Å². The van der Waals surface area contributed by atoms with E-state index in [1.165, 1.54) is 11.3 Å². The molecule has 0 saturated heterocycles. The number of nitrogens with zero attached hydrogens (tertiary/aromatic N) is 3. The number of carbonyl (C=O) groups is 1. The van der Waals surface area contributed by atoms with Gasteiger partial charge < -0.3 is 14.4 Å². The maximum Gasteiger partial charge on any atom is 0.348 e. The lowest BCUT2D eigenvalue weighted by molar-refractivity contribution is 0.0393. The van der Waals surface area contributed by atoms with Crippen molar-refractivity contribution in [3.63, 3.8) is 0 Å². The molecular weight excluding hydrogens is 314 g/mol. The van der Waals surface area contributed by atoms with Crippen LogP contribution in [-0.2, 0) is 9.47 Å². The van der Waals surface area contributed by atoms with Gasteiger partial charge in [0.25, 0.3) is 0 Å². The Balaban J connectivity index is 2.45. The normalized spacial score (nSPS) is 10.9. The highest BCUT2D eigenvalue weighted by molar-refractivity contribution is 7.20. The van der Waals surface area contributed by atoms with Crippen molar-refractivity contribution < 1.29 is 14.3 Å². The van der Waals surface area contributed by atoms with Crippen LogP contribution in [0.5, 0.6) is 0 Å². The van der Waals surface area contributed by atoms with Gasteiger partial charge in [-0.3, -0.25) is 0 Å². The maximum absolute atomic E-state index is 12.1. The molecule has 0 spiro atoms. The van der Waals surface area contributed by atoms with Gasteiger partial charge in [0.15, 0.2) is 0 Å². The molecular formula is C13H16ClN3O3S. The van der Waals surface area contributed by atoms with Gasteiger partial charge in [-0.1, -0.05) is 0 Å². The van der Waals surface area contributed by atoms with Crippen LogP contribution in [0.15, 0.2) is 0 Å². The van der Waals surface area contributed by atoms with E-state index < -0.39 is 0 Å². The molecule has 0 saturated carbocycles. The fourth-order valence-electron chi connectivity index (χ4n) is 1.89. The lowest BCUT2D eigenvalue weighted by Crippen LogP contribution is -2.12. The molecule has 0 amide bonds. The Labute approximate surface area is 131 Å². The molecule has 114 valence electrons. The number of aryl methyl sites for hydroxylation is 1. The van der Waals surface area contributed by atoms with Crippen molar-refractivity contribution in [1.29, 1.82) is 0 Å². The van der Waals surface area contributed by atoms with E-state index in [2.05, 4.69) is 9.97 Å². The predicted octanol–water partition coefficient (Wildman–Crippen LogP) is 2.52. The molecule has 0 radical (unpaired) electrons. The third-order valence-corrected chi connectivity index (χ3v) is 4.21. The first-order chi connectivity index (χ1) is 9.95. The minimum absolute atomic E-state index is 0.159. The van der Waals surface area contributed by atoms with Gasteiger partial charge in [-0.2, -0.15) is 4.98 Å². The third kappa shape index (κ3) is 3.25. The molecule has 8 heteroatoms. The van der Waals surface area contributed by atoms with Crippen LogP contribution < -0.4 is 4.90 Å². The highest BCUT2D eigenvalue weighted by atomic mass is 35.5. The minimum Gasteiger partial charge on any atom is -0.459 e. The van der Waals surface area contributed by atoms with Gasteiger partial charge in [-0.15, -0.1) is 11.3 Å². The summed E-state index contributed by atoms with van der Waals surface area (Å²) in [6.45, 7) is 2.44. The molecule has 0 N–H and O–H groups in total. The van der Waals surface area contributed by atoms with Crippen LogP contribution in [0, 0.1) is 6.92 Å². The first-order valence-corrected chi connectivity index (χ1v) is 7.45. The Morgan fingerprint density at radius 2 is 2.05 bits per heavy atom. The Morgan fingerprint density at radius 1 is 1.33 bits per heavy atom. The predicted molar refractivity (Wildman–Crippen MR) is 83.6 cm³/mol. The molecule has 0 atom stereocenters. The number of methoxy groups -OCH3 is 1. The van der Waals surface area contributed by atoms with E-state index in [4.69, 9.17) is 21.1 Å². The summed E-state index contributed by atoms with van der Waals surface area (Å²) >= 11 is 7.19. The summed E-state index contributed by atoms with van der Waals surface area (Å²) in [5.41, 5.74) is 0.804. The number of fused-ring (bicyclic) bond motifs is 1. The lowest BCUT2D eigenvalue weighted by Gasteiger charge is -2.12. The summed E-state index contributed by atoms with van der Waals surface area (Å²) in [6.07, 6.45) is 0. The van der Waals surface area contributed by atoms with Crippen molar-refractivity contribution >= 4 is 44.9 Å². The molecule has 0 aliphatic rings. The summed E-state index contributed by atoms with van der Waals surface area (Å²) < 4.78 is 10.0. The average molecular weight is 330 g/mol. The second kappa shape index (κ2) is 6.55. The summed E-state index contributed by atoms with van der Waals surface area (Å²) in [5, 5.41) is 0.986. The second-order valence-electron chi connectivity index (χ2n) is 4.58. The monoisotopic (exact) mass is 329 g/mol. The van der Waals surface area contributed by atoms with Gasteiger partial charge in [-0.05, 0) is 24.1 Å². The molecule has 2 aromatic rings. The summed E-state index contributed by atoms with van der Waals surface area (Å²) in [7, 11) is 5.29. The zero-order valence-electron chi connectivity index (χ0n) is 12.3. The molecule has 0 aliphatic heterocycles. The largest absolute Gasteiger partial charge is 0.459 e. The van der Waals surface area contributed by atoms with Crippen molar-refractivity contribution in [2.24, 2.45) is 0 Å². The molecule has 0 aliphatic carbocycles. The Morgan fingerprint density at radius 3 is 2.67 bits per heavy atom. The number of rotatable bonds is 5. The number of thiophene rings is 1. The molecule has 2 heterocycles. The van der Waals surface area contributed by atoms with Crippen molar-refractivity contribution in [2.45, 2.75) is 6.92 Å². The van der Waals surface area contributed by atoms with Crippen LogP contribution in [0.25, 0.3) is 10.2 Å². The molecule has 0 unspecified atom stereocenters. The average Bonchev–Trinajstić information content (AvgIpc) is 2.75. The molecule has 0 bridgehead atoms. The van der Waals surface area contributed by atoms with Crippen molar-refractivity contribution in [1.82, 2.24) is 9.97 Å². The van der Waals surface area contributed by atoms with E-state index >= 15 is 0 Å². The molecule has 0 aromatic carbocycles.